The topological polar surface area (TPSA) is 38.5 Å². The fourth-order valence-corrected chi connectivity index (χ4v) is 3.07. The van der Waals surface area contributed by atoms with Gasteiger partial charge in [-0.3, -0.25) is 4.68 Å². The molecule has 0 spiro atoms. The quantitative estimate of drug-likeness (QED) is 0.732. The van der Waals surface area contributed by atoms with Crippen molar-refractivity contribution in [1.29, 1.82) is 0 Å². The molecule has 104 valence electrons. The van der Waals surface area contributed by atoms with Crippen molar-refractivity contribution in [1.82, 2.24) is 19.3 Å². The van der Waals surface area contributed by atoms with Gasteiger partial charge in [0.05, 0.1) is 28.3 Å². The van der Waals surface area contributed by atoms with Crippen LogP contribution in [0.2, 0.25) is 5.02 Å². The molecule has 0 saturated carbocycles. The van der Waals surface area contributed by atoms with Gasteiger partial charge in [-0.2, -0.15) is 5.10 Å². The molecule has 1 N–H and O–H groups in total. The maximum atomic E-state index is 6.32. The number of aromatic nitrogens is 4. The SMILES string of the molecule is Cc1nn(C)c(C)c1Cn1c(=S)[nH]c2cccc(Cl)c21. The molecule has 3 aromatic rings. The van der Waals surface area contributed by atoms with Crippen LogP contribution in [0.1, 0.15) is 17.0 Å². The first kappa shape index (κ1) is 13.4. The highest BCUT2D eigenvalue weighted by Gasteiger charge is 2.14. The highest BCUT2D eigenvalue weighted by atomic mass is 35.5. The summed E-state index contributed by atoms with van der Waals surface area (Å²) in [5.74, 6) is 0. The highest BCUT2D eigenvalue weighted by Crippen LogP contribution is 2.25. The van der Waals surface area contributed by atoms with Crippen molar-refractivity contribution in [2.75, 3.05) is 0 Å². The maximum Gasteiger partial charge on any atom is 0.178 e. The minimum absolute atomic E-state index is 0.675. The van der Waals surface area contributed by atoms with Crippen LogP contribution in [0.25, 0.3) is 11.0 Å². The van der Waals surface area contributed by atoms with Crippen LogP contribution in [0.15, 0.2) is 18.2 Å². The normalized spacial score (nSPS) is 11.4. The Labute approximate surface area is 127 Å². The monoisotopic (exact) mass is 306 g/mol. The molecule has 4 nitrogen and oxygen atoms in total. The number of aromatic amines is 1. The summed E-state index contributed by atoms with van der Waals surface area (Å²) in [7, 11) is 1.95. The summed E-state index contributed by atoms with van der Waals surface area (Å²) in [5.41, 5.74) is 5.26. The van der Waals surface area contributed by atoms with Crippen LogP contribution in [0.4, 0.5) is 0 Å². The Balaban J connectivity index is 2.21. The van der Waals surface area contributed by atoms with Gasteiger partial charge < -0.3 is 9.55 Å². The molecule has 0 aliphatic heterocycles. The summed E-state index contributed by atoms with van der Waals surface area (Å²) in [5, 5.41) is 5.15. The fourth-order valence-electron chi connectivity index (χ4n) is 2.53. The van der Waals surface area contributed by atoms with E-state index in [1.54, 1.807) is 0 Å². The summed E-state index contributed by atoms with van der Waals surface area (Å²) in [6.45, 7) is 4.76. The number of imidazole rings is 1. The second kappa shape index (κ2) is 4.75. The number of H-pyrrole nitrogens is 1. The average molecular weight is 307 g/mol. The van der Waals surface area contributed by atoms with Gasteiger partial charge in [0.25, 0.3) is 0 Å². The number of aryl methyl sites for hydroxylation is 2. The van der Waals surface area contributed by atoms with Crippen LogP contribution >= 0.6 is 23.8 Å². The van der Waals surface area contributed by atoms with Crippen LogP contribution in [0.5, 0.6) is 0 Å². The lowest BCUT2D eigenvalue weighted by Gasteiger charge is -2.06. The zero-order chi connectivity index (χ0) is 14.4. The van der Waals surface area contributed by atoms with Crippen molar-refractivity contribution in [3.05, 3.63) is 44.9 Å². The molecule has 0 unspecified atom stereocenters. The lowest BCUT2D eigenvalue weighted by molar-refractivity contribution is 0.727. The third-order valence-corrected chi connectivity index (χ3v) is 4.35. The summed E-state index contributed by atoms with van der Waals surface area (Å²) in [6.07, 6.45) is 0. The van der Waals surface area contributed by atoms with Gasteiger partial charge in [-0.15, -0.1) is 0 Å². The van der Waals surface area contributed by atoms with Gasteiger partial charge in [0.15, 0.2) is 4.77 Å². The van der Waals surface area contributed by atoms with E-state index in [2.05, 4.69) is 17.0 Å². The molecule has 0 bridgehead atoms. The van der Waals surface area contributed by atoms with Gasteiger partial charge in [-0.1, -0.05) is 17.7 Å². The molecule has 0 radical (unpaired) electrons. The third kappa shape index (κ3) is 1.98. The van der Waals surface area contributed by atoms with Gasteiger partial charge in [-0.05, 0) is 38.2 Å². The number of para-hydroxylation sites is 1. The first-order valence-corrected chi connectivity index (χ1v) is 7.13. The molecule has 0 saturated heterocycles. The molecular weight excluding hydrogens is 292 g/mol. The van der Waals surface area contributed by atoms with Crippen LogP contribution < -0.4 is 0 Å². The molecule has 0 fully saturated rings. The molecular formula is C14H15ClN4S. The lowest BCUT2D eigenvalue weighted by atomic mass is 10.2. The molecule has 2 aromatic heterocycles. The Bertz CT molecular complexity index is 856. The second-order valence-corrected chi connectivity index (χ2v) is 5.72. The van der Waals surface area contributed by atoms with Crippen LogP contribution in [-0.4, -0.2) is 19.3 Å². The van der Waals surface area contributed by atoms with Crippen LogP contribution in [0, 0.1) is 18.6 Å². The van der Waals surface area contributed by atoms with Crippen molar-refractivity contribution < 1.29 is 0 Å². The van der Waals surface area contributed by atoms with Crippen molar-refractivity contribution >= 4 is 34.9 Å². The summed E-state index contributed by atoms with van der Waals surface area (Å²) >= 11 is 11.7. The Morgan fingerprint density at radius 3 is 2.75 bits per heavy atom. The molecule has 0 aliphatic rings. The second-order valence-electron chi connectivity index (χ2n) is 4.93. The van der Waals surface area contributed by atoms with E-state index in [4.69, 9.17) is 23.8 Å². The van der Waals surface area contributed by atoms with E-state index in [1.165, 1.54) is 5.56 Å². The maximum absolute atomic E-state index is 6.32. The van der Waals surface area contributed by atoms with Crippen molar-refractivity contribution in [2.45, 2.75) is 20.4 Å². The number of benzene rings is 1. The minimum Gasteiger partial charge on any atom is -0.331 e. The van der Waals surface area contributed by atoms with Crippen molar-refractivity contribution in [2.24, 2.45) is 7.05 Å². The van der Waals surface area contributed by atoms with Gasteiger partial charge in [0.1, 0.15) is 0 Å². The van der Waals surface area contributed by atoms with E-state index in [0.717, 1.165) is 22.4 Å². The Kier molecular flexibility index (Phi) is 3.18. The van der Waals surface area contributed by atoms with E-state index in [9.17, 15) is 0 Å². The van der Waals surface area contributed by atoms with Crippen LogP contribution in [-0.2, 0) is 13.6 Å². The minimum atomic E-state index is 0.675. The molecule has 1 aromatic carbocycles. The Morgan fingerprint density at radius 1 is 1.35 bits per heavy atom. The zero-order valence-electron chi connectivity index (χ0n) is 11.6. The molecule has 3 rings (SSSR count). The van der Waals surface area contributed by atoms with Crippen molar-refractivity contribution in [3.8, 4) is 0 Å². The third-order valence-electron chi connectivity index (χ3n) is 3.72. The smallest absolute Gasteiger partial charge is 0.178 e. The number of nitrogens with one attached hydrogen (secondary N) is 1. The molecule has 0 atom stereocenters. The number of hydrogen-bond donors (Lipinski definition) is 1. The van der Waals surface area contributed by atoms with Gasteiger partial charge >= 0.3 is 0 Å². The van der Waals surface area contributed by atoms with Crippen molar-refractivity contribution in [3.63, 3.8) is 0 Å². The summed E-state index contributed by atoms with van der Waals surface area (Å²) < 4.78 is 4.60. The number of hydrogen-bond acceptors (Lipinski definition) is 2. The summed E-state index contributed by atoms with van der Waals surface area (Å²) in [4.78, 5) is 3.20. The Morgan fingerprint density at radius 2 is 2.10 bits per heavy atom. The first-order chi connectivity index (χ1) is 9.49. The molecule has 2 heterocycles. The van der Waals surface area contributed by atoms with E-state index >= 15 is 0 Å². The molecule has 20 heavy (non-hydrogen) atoms. The molecule has 0 amide bonds. The number of fused-ring (bicyclic) bond motifs is 1. The predicted octanol–water partition coefficient (Wildman–Crippen LogP) is 3.75. The molecule has 0 aliphatic carbocycles. The zero-order valence-corrected chi connectivity index (χ0v) is 13.1. The van der Waals surface area contributed by atoms with Gasteiger partial charge in [0.2, 0.25) is 0 Å². The summed E-state index contributed by atoms with van der Waals surface area (Å²) in [6, 6.07) is 5.78. The van der Waals surface area contributed by atoms with Gasteiger partial charge in [-0.25, -0.2) is 0 Å². The van der Waals surface area contributed by atoms with E-state index in [0.29, 0.717) is 16.3 Å². The number of halogens is 1. The first-order valence-electron chi connectivity index (χ1n) is 6.35. The number of nitrogens with zero attached hydrogens (tertiary/aromatic N) is 3. The molecule has 6 heteroatoms. The van der Waals surface area contributed by atoms with Crippen LogP contribution in [0.3, 0.4) is 0 Å². The largest absolute Gasteiger partial charge is 0.331 e. The van der Waals surface area contributed by atoms with E-state index in [-0.39, 0.29) is 0 Å². The number of rotatable bonds is 2. The predicted molar refractivity (Wildman–Crippen MR) is 83.9 cm³/mol. The fraction of sp³-hybridized carbons (Fsp3) is 0.286. The standard InChI is InChI=1S/C14H15ClN4S/c1-8-10(9(2)18(3)17-8)7-19-13-11(15)5-4-6-12(13)16-14(19)20/h4-6H,7H2,1-3H3,(H,16,20). The van der Waals surface area contributed by atoms with E-state index < -0.39 is 0 Å². The van der Waals surface area contributed by atoms with Gasteiger partial charge in [0, 0.05) is 18.3 Å². The average Bonchev–Trinajstić information content (AvgIpc) is 2.83. The lowest BCUT2D eigenvalue weighted by Crippen LogP contribution is -2.03. The highest BCUT2D eigenvalue weighted by molar-refractivity contribution is 7.71. The van der Waals surface area contributed by atoms with E-state index in [1.807, 2.05) is 41.4 Å². The Hall–Kier alpha value is -1.59.